The number of carboxylic acids is 1. The summed E-state index contributed by atoms with van der Waals surface area (Å²) in [5.74, 6) is -1.40. The van der Waals surface area contributed by atoms with Crippen LogP contribution in [-0.2, 0) is 20.9 Å². The Morgan fingerprint density at radius 2 is 1.68 bits per heavy atom. The van der Waals surface area contributed by atoms with Crippen LogP contribution in [0.4, 0.5) is 9.59 Å². The number of hydrogen-bond acceptors (Lipinski definition) is 6. The van der Waals surface area contributed by atoms with E-state index in [-0.39, 0.29) is 13.0 Å². The maximum atomic E-state index is 12.5. The molecule has 0 aromatic heterocycles. The van der Waals surface area contributed by atoms with Crippen molar-refractivity contribution in [3.8, 4) is 0 Å². The second-order valence-electron chi connectivity index (χ2n) is 5.72. The first-order valence-corrected chi connectivity index (χ1v) is 9.45. The Hall–Kier alpha value is -1.74. The molecule has 1 aromatic rings. The molecule has 0 heterocycles. The van der Waals surface area contributed by atoms with Crippen molar-refractivity contribution < 1.29 is 29.0 Å². The minimum atomic E-state index is -1.92. The van der Waals surface area contributed by atoms with Crippen molar-refractivity contribution in [3.05, 3.63) is 35.9 Å². The fourth-order valence-corrected chi connectivity index (χ4v) is 2.34. The van der Waals surface area contributed by atoms with Crippen molar-refractivity contribution in [2.75, 3.05) is 13.2 Å². The third-order valence-electron chi connectivity index (χ3n) is 3.49. The van der Waals surface area contributed by atoms with Crippen LogP contribution in [0.1, 0.15) is 24.8 Å². The number of rotatable bonds is 9. The lowest BCUT2D eigenvalue weighted by atomic mass is 10.1. The number of carboxylic acid groups (broad SMARTS) is 1. The molecule has 0 aliphatic rings. The smallest absolute Gasteiger partial charge is 0.420 e. The van der Waals surface area contributed by atoms with Crippen LogP contribution in [0.2, 0.25) is 0 Å². The summed E-state index contributed by atoms with van der Waals surface area (Å²) >= 11 is 16.6. The number of unbranched alkanes of at least 4 members (excludes halogenated alkanes) is 1. The molecule has 1 atom stereocenters. The highest BCUT2D eigenvalue weighted by Gasteiger charge is 2.38. The number of carbonyl (C=O) groups is 3. The van der Waals surface area contributed by atoms with Crippen molar-refractivity contribution in [1.82, 2.24) is 4.90 Å². The molecule has 0 aliphatic carbocycles. The van der Waals surface area contributed by atoms with Gasteiger partial charge in [-0.05, 0) is 31.4 Å². The zero-order valence-corrected chi connectivity index (χ0v) is 17.1. The van der Waals surface area contributed by atoms with Gasteiger partial charge in [-0.25, -0.2) is 14.4 Å². The third kappa shape index (κ3) is 8.97. The van der Waals surface area contributed by atoms with Crippen molar-refractivity contribution in [2.45, 2.75) is 35.7 Å². The monoisotopic (exact) mass is 454 g/mol. The highest BCUT2D eigenvalue weighted by Crippen LogP contribution is 2.26. The molecule has 11 heteroatoms. The molecule has 0 aliphatic heterocycles. The fraction of sp³-hybridized carbons (Fsp3) is 0.471. The maximum absolute atomic E-state index is 12.5. The number of benzene rings is 1. The average molecular weight is 456 g/mol. The number of hydrogen-bond donors (Lipinski definition) is 2. The third-order valence-corrected chi connectivity index (χ3v) is 3.81. The summed E-state index contributed by atoms with van der Waals surface area (Å²) in [6.45, 7) is -0.500. The number of imide groups is 1. The SMILES string of the molecule is NCCCCC(C(=O)O)N(C(=O)OCc1ccccc1)C(=O)OCC(Cl)(Cl)Cl. The lowest BCUT2D eigenvalue weighted by molar-refractivity contribution is -0.142. The second-order valence-corrected chi connectivity index (χ2v) is 8.23. The molecule has 0 saturated heterocycles. The lowest BCUT2D eigenvalue weighted by Gasteiger charge is -2.26. The number of halogens is 3. The molecule has 8 nitrogen and oxygen atoms in total. The van der Waals surface area contributed by atoms with E-state index in [1.807, 2.05) is 0 Å². The molecule has 0 radical (unpaired) electrons. The van der Waals surface area contributed by atoms with E-state index in [0.717, 1.165) is 0 Å². The van der Waals surface area contributed by atoms with E-state index < -0.39 is 34.6 Å². The van der Waals surface area contributed by atoms with E-state index in [9.17, 15) is 19.5 Å². The summed E-state index contributed by atoms with van der Waals surface area (Å²) in [6.07, 6.45) is -1.62. The van der Waals surface area contributed by atoms with Gasteiger partial charge in [0, 0.05) is 0 Å². The van der Waals surface area contributed by atoms with E-state index >= 15 is 0 Å². The predicted octanol–water partition coefficient (Wildman–Crippen LogP) is 3.71. The standard InChI is InChI=1S/C17H21Cl3N2O6/c18-17(19,20)11-28-16(26)22(13(14(23)24)8-4-5-9-21)15(25)27-10-12-6-2-1-3-7-12/h1-3,6-7,13H,4-5,8-11,21H2,(H,23,24). The molecule has 2 amide bonds. The van der Waals surface area contributed by atoms with Crippen molar-refractivity contribution >= 4 is 53.0 Å². The van der Waals surface area contributed by atoms with E-state index in [2.05, 4.69) is 0 Å². The Bertz CT molecular complexity index is 654. The van der Waals surface area contributed by atoms with Gasteiger partial charge in [0.1, 0.15) is 19.3 Å². The number of amides is 2. The Kier molecular flexibility index (Phi) is 10.4. The van der Waals surface area contributed by atoms with Crippen LogP contribution >= 0.6 is 34.8 Å². The van der Waals surface area contributed by atoms with Gasteiger partial charge < -0.3 is 20.3 Å². The second kappa shape index (κ2) is 12.0. The van der Waals surface area contributed by atoms with Gasteiger partial charge >= 0.3 is 18.2 Å². The topological polar surface area (TPSA) is 119 Å². The molecule has 0 saturated carbocycles. The van der Waals surface area contributed by atoms with E-state index in [1.54, 1.807) is 30.3 Å². The summed E-state index contributed by atoms with van der Waals surface area (Å²) in [7, 11) is 0. The van der Waals surface area contributed by atoms with Crippen molar-refractivity contribution in [3.63, 3.8) is 0 Å². The molecule has 1 aromatic carbocycles. The van der Waals surface area contributed by atoms with Crippen LogP contribution in [-0.4, -0.2) is 51.1 Å². The van der Waals surface area contributed by atoms with Gasteiger partial charge in [-0.2, -0.15) is 4.90 Å². The quantitative estimate of drug-likeness (QED) is 0.430. The van der Waals surface area contributed by atoms with Crippen LogP contribution in [0.15, 0.2) is 30.3 Å². The molecule has 0 bridgehead atoms. The highest BCUT2D eigenvalue weighted by atomic mass is 35.6. The van der Waals surface area contributed by atoms with Gasteiger partial charge in [0.05, 0.1) is 0 Å². The summed E-state index contributed by atoms with van der Waals surface area (Å²) in [4.78, 5) is 36.9. The summed E-state index contributed by atoms with van der Waals surface area (Å²) in [5, 5.41) is 9.49. The molecule has 1 unspecified atom stereocenters. The van der Waals surface area contributed by atoms with E-state index in [1.165, 1.54) is 0 Å². The maximum Gasteiger partial charge on any atom is 0.420 e. The van der Waals surface area contributed by atoms with Crippen LogP contribution in [0.25, 0.3) is 0 Å². The molecule has 3 N–H and O–H groups in total. The Morgan fingerprint density at radius 3 is 2.21 bits per heavy atom. The fourth-order valence-electron chi connectivity index (χ4n) is 2.18. The number of carbonyl (C=O) groups excluding carboxylic acids is 2. The van der Waals surface area contributed by atoms with Gasteiger partial charge in [0.15, 0.2) is 0 Å². The molecular formula is C17H21Cl3N2O6. The zero-order valence-electron chi connectivity index (χ0n) is 14.9. The number of aliphatic carboxylic acids is 1. The molecule has 0 fully saturated rings. The largest absolute Gasteiger partial charge is 0.480 e. The minimum Gasteiger partial charge on any atom is -0.480 e. The molecule has 1 rings (SSSR count). The predicted molar refractivity (Wildman–Crippen MR) is 104 cm³/mol. The first kappa shape index (κ1) is 24.3. The normalized spacial score (nSPS) is 12.1. The number of alkyl halides is 3. The van der Waals surface area contributed by atoms with Crippen LogP contribution in [0, 0.1) is 0 Å². The Labute approximate surface area is 177 Å². The molecule has 28 heavy (non-hydrogen) atoms. The number of nitrogens with zero attached hydrogens (tertiary/aromatic N) is 1. The van der Waals surface area contributed by atoms with E-state index in [0.29, 0.717) is 29.8 Å². The number of ether oxygens (including phenoxy) is 2. The van der Waals surface area contributed by atoms with Gasteiger partial charge in [0.2, 0.25) is 3.79 Å². The average Bonchev–Trinajstić information content (AvgIpc) is 2.64. The van der Waals surface area contributed by atoms with Gasteiger partial charge in [-0.1, -0.05) is 65.1 Å². The van der Waals surface area contributed by atoms with Crippen molar-refractivity contribution in [2.24, 2.45) is 5.73 Å². The molecular weight excluding hydrogens is 435 g/mol. The Balaban J connectivity index is 2.94. The molecule has 0 spiro atoms. The van der Waals surface area contributed by atoms with Crippen LogP contribution in [0.5, 0.6) is 0 Å². The highest BCUT2D eigenvalue weighted by molar-refractivity contribution is 6.67. The van der Waals surface area contributed by atoms with Gasteiger partial charge in [0.25, 0.3) is 0 Å². The van der Waals surface area contributed by atoms with Crippen LogP contribution in [0.3, 0.4) is 0 Å². The Morgan fingerprint density at radius 1 is 1.07 bits per heavy atom. The van der Waals surface area contributed by atoms with E-state index in [4.69, 9.17) is 50.0 Å². The summed E-state index contributed by atoms with van der Waals surface area (Å²) in [5.41, 5.74) is 6.06. The molecule has 156 valence electrons. The summed E-state index contributed by atoms with van der Waals surface area (Å²) < 4.78 is 7.94. The summed E-state index contributed by atoms with van der Waals surface area (Å²) in [6, 6.07) is 7.15. The van der Waals surface area contributed by atoms with Crippen molar-refractivity contribution in [1.29, 1.82) is 0 Å². The minimum absolute atomic E-state index is 0.0319. The lowest BCUT2D eigenvalue weighted by Crippen LogP contribution is -2.49. The number of nitrogens with two attached hydrogens (primary N) is 1. The first-order valence-electron chi connectivity index (χ1n) is 8.32. The van der Waals surface area contributed by atoms with Gasteiger partial charge in [-0.15, -0.1) is 0 Å². The zero-order chi connectivity index (χ0) is 21.2. The van der Waals surface area contributed by atoms with Crippen LogP contribution < -0.4 is 5.73 Å². The van der Waals surface area contributed by atoms with Gasteiger partial charge in [-0.3, -0.25) is 0 Å². The first-order chi connectivity index (χ1) is 13.2.